The number of hydrogen-bond acceptors (Lipinski definition) is 3. The smallest absolute Gasteiger partial charge is 0.222 e. The van der Waals surface area contributed by atoms with Crippen LogP contribution in [0.15, 0.2) is 0 Å². The van der Waals surface area contributed by atoms with E-state index in [4.69, 9.17) is 0 Å². The van der Waals surface area contributed by atoms with Crippen LogP contribution in [0.25, 0.3) is 0 Å². The minimum Gasteiger partial charge on any atom is -0.393 e. The lowest BCUT2D eigenvalue weighted by molar-refractivity contribution is -0.129. The van der Waals surface area contributed by atoms with Crippen molar-refractivity contribution in [1.82, 2.24) is 10.6 Å². The lowest BCUT2D eigenvalue weighted by Crippen LogP contribution is -2.61. The van der Waals surface area contributed by atoms with Gasteiger partial charge in [-0.15, -0.1) is 0 Å². The SMILES string of the molecule is C[C@]12CC[C@H](O)C[C@@H]1CC[C@@H]1[C@@H]2NC(=O)C[C@]2(C)NC(=O)CC[C@@H]12. The van der Waals surface area contributed by atoms with E-state index in [1.807, 2.05) is 0 Å². The molecule has 2 aliphatic heterocycles. The molecule has 134 valence electrons. The van der Waals surface area contributed by atoms with Gasteiger partial charge in [0.15, 0.2) is 0 Å². The van der Waals surface area contributed by atoms with Crippen molar-refractivity contribution >= 4 is 11.8 Å². The van der Waals surface area contributed by atoms with Crippen molar-refractivity contribution in [3.8, 4) is 0 Å². The Bertz CT molecular complexity index is 565. The summed E-state index contributed by atoms with van der Waals surface area (Å²) in [7, 11) is 0. The molecule has 0 aromatic carbocycles. The first-order chi connectivity index (χ1) is 11.3. The predicted octanol–water partition coefficient (Wildman–Crippen LogP) is 1.74. The van der Waals surface area contributed by atoms with Crippen LogP contribution in [-0.2, 0) is 9.59 Å². The van der Waals surface area contributed by atoms with E-state index in [-0.39, 0.29) is 29.4 Å². The van der Waals surface area contributed by atoms with Gasteiger partial charge in [0, 0.05) is 24.4 Å². The molecule has 4 aliphatic rings. The number of amides is 2. The van der Waals surface area contributed by atoms with Crippen LogP contribution in [0.3, 0.4) is 0 Å². The van der Waals surface area contributed by atoms with Crippen LogP contribution in [-0.4, -0.2) is 34.6 Å². The van der Waals surface area contributed by atoms with Crippen molar-refractivity contribution in [3.05, 3.63) is 0 Å². The molecule has 0 radical (unpaired) electrons. The molecular formula is C19H30N2O3. The second-order valence-electron chi connectivity index (χ2n) is 9.20. The highest BCUT2D eigenvalue weighted by atomic mass is 16.3. The molecule has 2 saturated heterocycles. The molecular weight excluding hydrogens is 304 g/mol. The molecule has 3 N–H and O–H groups in total. The van der Waals surface area contributed by atoms with E-state index in [2.05, 4.69) is 24.5 Å². The van der Waals surface area contributed by atoms with Crippen molar-refractivity contribution < 1.29 is 14.7 Å². The number of nitrogens with one attached hydrogen (secondary N) is 2. The molecule has 4 rings (SSSR count). The molecule has 2 heterocycles. The highest BCUT2D eigenvalue weighted by molar-refractivity contribution is 5.82. The van der Waals surface area contributed by atoms with Gasteiger partial charge < -0.3 is 15.7 Å². The molecule has 2 saturated carbocycles. The van der Waals surface area contributed by atoms with E-state index in [0.29, 0.717) is 30.6 Å². The molecule has 2 amide bonds. The predicted molar refractivity (Wildman–Crippen MR) is 90.0 cm³/mol. The van der Waals surface area contributed by atoms with E-state index in [1.165, 1.54) is 0 Å². The fourth-order valence-electron chi connectivity index (χ4n) is 6.51. The topological polar surface area (TPSA) is 78.4 Å². The van der Waals surface area contributed by atoms with Crippen LogP contribution < -0.4 is 10.6 Å². The highest BCUT2D eigenvalue weighted by Crippen LogP contribution is 2.56. The number of aliphatic hydroxyl groups excluding tert-OH is 1. The maximum atomic E-state index is 12.7. The normalized spacial score (nSPS) is 51.4. The largest absolute Gasteiger partial charge is 0.393 e. The van der Waals surface area contributed by atoms with E-state index < -0.39 is 5.54 Å². The van der Waals surface area contributed by atoms with Gasteiger partial charge in [-0.05, 0) is 68.6 Å². The number of carbonyl (C=O) groups excluding carboxylic acids is 2. The molecule has 4 fully saturated rings. The molecule has 7 atom stereocenters. The molecule has 0 aromatic rings. The fourth-order valence-corrected chi connectivity index (χ4v) is 6.51. The van der Waals surface area contributed by atoms with Gasteiger partial charge >= 0.3 is 0 Å². The summed E-state index contributed by atoms with van der Waals surface area (Å²) >= 11 is 0. The first-order valence-corrected chi connectivity index (χ1v) is 9.60. The Labute approximate surface area is 144 Å². The molecule has 2 aliphatic carbocycles. The number of piperidine rings is 1. The second-order valence-corrected chi connectivity index (χ2v) is 9.20. The van der Waals surface area contributed by atoms with Crippen LogP contribution >= 0.6 is 0 Å². The van der Waals surface area contributed by atoms with Gasteiger partial charge in [-0.1, -0.05) is 6.92 Å². The average molecular weight is 334 g/mol. The van der Waals surface area contributed by atoms with Gasteiger partial charge in [-0.3, -0.25) is 9.59 Å². The molecule has 0 bridgehead atoms. The summed E-state index contributed by atoms with van der Waals surface area (Å²) in [5.74, 6) is 1.44. The third-order valence-electron chi connectivity index (χ3n) is 7.78. The van der Waals surface area contributed by atoms with E-state index in [1.54, 1.807) is 0 Å². The summed E-state index contributed by atoms with van der Waals surface area (Å²) in [4.78, 5) is 24.6. The number of carbonyl (C=O) groups is 2. The van der Waals surface area contributed by atoms with Crippen LogP contribution in [0.5, 0.6) is 0 Å². The van der Waals surface area contributed by atoms with E-state index in [9.17, 15) is 14.7 Å². The zero-order chi connectivity index (χ0) is 17.1. The van der Waals surface area contributed by atoms with Crippen LogP contribution in [0.1, 0.15) is 65.2 Å². The van der Waals surface area contributed by atoms with E-state index in [0.717, 1.165) is 38.5 Å². The van der Waals surface area contributed by atoms with Crippen molar-refractivity contribution in [3.63, 3.8) is 0 Å². The first-order valence-electron chi connectivity index (χ1n) is 9.60. The van der Waals surface area contributed by atoms with Gasteiger partial charge in [-0.2, -0.15) is 0 Å². The summed E-state index contributed by atoms with van der Waals surface area (Å²) in [6, 6.07) is 0.179. The average Bonchev–Trinajstić information content (AvgIpc) is 2.60. The molecule has 0 aromatic heterocycles. The van der Waals surface area contributed by atoms with Crippen LogP contribution in [0.2, 0.25) is 0 Å². The number of aliphatic hydroxyl groups is 1. The van der Waals surface area contributed by atoms with Gasteiger partial charge in [0.1, 0.15) is 0 Å². The van der Waals surface area contributed by atoms with Gasteiger partial charge in [0.2, 0.25) is 11.8 Å². The Kier molecular flexibility index (Phi) is 3.72. The molecule has 0 unspecified atom stereocenters. The summed E-state index contributed by atoms with van der Waals surface area (Å²) in [5.41, 5.74) is -0.333. The summed E-state index contributed by atoms with van der Waals surface area (Å²) in [6.45, 7) is 4.39. The van der Waals surface area contributed by atoms with Crippen molar-refractivity contribution in [2.24, 2.45) is 23.2 Å². The molecule has 0 spiro atoms. The Morgan fingerprint density at radius 2 is 1.88 bits per heavy atom. The maximum absolute atomic E-state index is 12.7. The van der Waals surface area contributed by atoms with Crippen molar-refractivity contribution in [2.75, 3.05) is 0 Å². The zero-order valence-corrected chi connectivity index (χ0v) is 14.8. The molecule has 24 heavy (non-hydrogen) atoms. The Morgan fingerprint density at radius 3 is 2.67 bits per heavy atom. The van der Waals surface area contributed by atoms with Gasteiger partial charge in [0.05, 0.1) is 6.10 Å². The lowest BCUT2D eigenvalue weighted by atomic mass is 9.51. The van der Waals surface area contributed by atoms with Crippen LogP contribution in [0, 0.1) is 23.2 Å². The number of fused-ring (bicyclic) bond motifs is 5. The van der Waals surface area contributed by atoms with Crippen molar-refractivity contribution in [1.29, 1.82) is 0 Å². The Hall–Kier alpha value is -1.10. The minimum atomic E-state index is -0.407. The monoisotopic (exact) mass is 334 g/mol. The zero-order valence-electron chi connectivity index (χ0n) is 14.8. The first kappa shape index (κ1) is 16.4. The Balaban J connectivity index is 1.69. The van der Waals surface area contributed by atoms with Gasteiger partial charge in [-0.25, -0.2) is 0 Å². The quantitative estimate of drug-likeness (QED) is 0.631. The lowest BCUT2D eigenvalue weighted by Gasteiger charge is -2.57. The maximum Gasteiger partial charge on any atom is 0.222 e. The number of rotatable bonds is 0. The third kappa shape index (κ3) is 2.39. The van der Waals surface area contributed by atoms with Gasteiger partial charge in [0.25, 0.3) is 0 Å². The van der Waals surface area contributed by atoms with Crippen LogP contribution in [0.4, 0.5) is 0 Å². The summed E-state index contributed by atoms with van der Waals surface area (Å²) in [5, 5.41) is 16.6. The fraction of sp³-hybridized carbons (Fsp3) is 0.895. The van der Waals surface area contributed by atoms with E-state index >= 15 is 0 Å². The Morgan fingerprint density at radius 1 is 1.08 bits per heavy atom. The summed E-state index contributed by atoms with van der Waals surface area (Å²) < 4.78 is 0. The summed E-state index contributed by atoms with van der Waals surface area (Å²) in [6.07, 6.45) is 6.59. The number of hydrogen-bond donors (Lipinski definition) is 3. The molecule has 5 nitrogen and oxygen atoms in total. The minimum absolute atomic E-state index is 0.0739. The highest BCUT2D eigenvalue weighted by Gasteiger charge is 2.57. The standard InChI is InChI=1S/C19H30N2O3/c1-18-8-7-12(22)9-11(18)3-4-13-14-5-6-15(23)21-19(14,2)10-16(24)20-17(13)18/h11-14,17,22H,3-10H2,1-2H3,(H,20,24)(H,21,23)/t11-,12-,13-,14-,17-,18-,19-/m0/s1. The second kappa shape index (κ2) is 5.45. The third-order valence-corrected chi connectivity index (χ3v) is 7.78. The molecule has 5 heteroatoms. The van der Waals surface area contributed by atoms with Crippen molar-refractivity contribution in [2.45, 2.75) is 82.9 Å².